The average Bonchev–Trinajstić information content (AvgIpc) is 2.97. The number of halogens is 1. The van der Waals surface area contributed by atoms with Crippen molar-refractivity contribution in [3.8, 4) is 11.3 Å². The van der Waals surface area contributed by atoms with Gasteiger partial charge >= 0.3 is 0 Å². The molecule has 0 bridgehead atoms. The van der Waals surface area contributed by atoms with E-state index in [0.717, 1.165) is 37.3 Å². The highest BCUT2D eigenvalue weighted by Crippen LogP contribution is 2.28. The summed E-state index contributed by atoms with van der Waals surface area (Å²) in [4.78, 5) is 0. The number of nitrogens with zero attached hydrogens (tertiary/aromatic N) is 2. The molecular formula is C19H28FN3O3S. The Kier molecular flexibility index (Phi) is 7.94. The predicted octanol–water partition coefficient (Wildman–Crippen LogP) is 3.42. The van der Waals surface area contributed by atoms with E-state index >= 15 is 0 Å². The van der Waals surface area contributed by atoms with Gasteiger partial charge in [0, 0.05) is 42.9 Å². The molecule has 0 radical (unpaired) electrons. The molecule has 0 unspecified atom stereocenters. The molecule has 0 aliphatic carbocycles. The lowest BCUT2D eigenvalue weighted by Crippen LogP contribution is -2.25. The summed E-state index contributed by atoms with van der Waals surface area (Å²) < 4.78 is 41.2. The SMILES string of the molecule is CCCCCCn1nc(-c2ccc(F)cc2)c2c1CCNC2.CS(=O)(=O)O. The Balaban J connectivity index is 0.000000465. The maximum Gasteiger partial charge on any atom is 0.261 e. The van der Waals surface area contributed by atoms with Crippen LogP contribution >= 0.6 is 0 Å². The zero-order valence-electron chi connectivity index (χ0n) is 15.9. The lowest BCUT2D eigenvalue weighted by Gasteiger charge is -2.15. The van der Waals surface area contributed by atoms with Crippen LogP contribution in [0, 0.1) is 5.82 Å². The van der Waals surface area contributed by atoms with Crippen LogP contribution in [0.25, 0.3) is 11.3 Å². The minimum absolute atomic E-state index is 0.199. The first-order chi connectivity index (χ1) is 12.8. The number of hydrogen-bond acceptors (Lipinski definition) is 4. The Morgan fingerprint density at radius 1 is 1.22 bits per heavy atom. The van der Waals surface area contributed by atoms with Gasteiger partial charge in [-0.2, -0.15) is 13.5 Å². The average molecular weight is 398 g/mol. The van der Waals surface area contributed by atoms with Crippen molar-refractivity contribution in [1.82, 2.24) is 15.1 Å². The molecule has 3 rings (SSSR count). The molecule has 2 N–H and O–H groups in total. The molecule has 0 atom stereocenters. The molecule has 8 heteroatoms. The largest absolute Gasteiger partial charge is 0.312 e. The smallest absolute Gasteiger partial charge is 0.261 e. The van der Waals surface area contributed by atoms with Crippen LogP contribution in [0.4, 0.5) is 4.39 Å². The lowest BCUT2D eigenvalue weighted by atomic mass is 10.0. The highest BCUT2D eigenvalue weighted by Gasteiger charge is 2.21. The van der Waals surface area contributed by atoms with E-state index in [-0.39, 0.29) is 5.82 Å². The van der Waals surface area contributed by atoms with E-state index in [1.54, 1.807) is 0 Å². The van der Waals surface area contributed by atoms with Gasteiger partial charge in [0.05, 0.1) is 11.9 Å². The van der Waals surface area contributed by atoms with E-state index in [1.807, 2.05) is 12.1 Å². The van der Waals surface area contributed by atoms with Crippen LogP contribution in [-0.4, -0.2) is 35.6 Å². The van der Waals surface area contributed by atoms with Crippen molar-refractivity contribution >= 4 is 10.1 Å². The summed E-state index contributed by atoms with van der Waals surface area (Å²) in [7, 11) is -3.67. The van der Waals surface area contributed by atoms with Crippen LogP contribution in [0.2, 0.25) is 0 Å². The lowest BCUT2D eigenvalue weighted by molar-refractivity contribution is 0.490. The van der Waals surface area contributed by atoms with Gasteiger partial charge in [0.15, 0.2) is 0 Å². The maximum absolute atomic E-state index is 13.1. The Labute approximate surface area is 160 Å². The summed E-state index contributed by atoms with van der Waals surface area (Å²) in [5, 5.41) is 8.27. The maximum atomic E-state index is 13.1. The summed E-state index contributed by atoms with van der Waals surface area (Å²) in [6, 6.07) is 6.68. The normalized spacial score (nSPS) is 13.6. The van der Waals surface area contributed by atoms with Gasteiger partial charge < -0.3 is 5.32 Å². The number of aromatic nitrogens is 2. The molecule has 2 aromatic rings. The van der Waals surface area contributed by atoms with E-state index in [0.29, 0.717) is 6.26 Å². The first-order valence-electron chi connectivity index (χ1n) is 9.27. The third kappa shape index (κ3) is 7.04. The summed E-state index contributed by atoms with van der Waals surface area (Å²) in [5.41, 5.74) is 4.66. The van der Waals surface area contributed by atoms with Crippen LogP contribution in [-0.2, 0) is 29.6 Å². The number of fused-ring (bicyclic) bond motifs is 1. The number of nitrogens with one attached hydrogen (secondary N) is 1. The number of hydrogen-bond donors (Lipinski definition) is 2. The molecule has 0 spiro atoms. The molecule has 27 heavy (non-hydrogen) atoms. The van der Waals surface area contributed by atoms with Crippen molar-refractivity contribution in [2.24, 2.45) is 0 Å². The van der Waals surface area contributed by atoms with Crippen LogP contribution < -0.4 is 5.32 Å². The Morgan fingerprint density at radius 2 is 1.89 bits per heavy atom. The fourth-order valence-corrected chi connectivity index (χ4v) is 3.13. The molecule has 2 heterocycles. The summed E-state index contributed by atoms with van der Waals surface area (Å²) in [6.07, 6.45) is 6.72. The third-order valence-corrected chi connectivity index (χ3v) is 4.35. The van der Waals surface area contributed by atoms with Gasteiger partial charge in [0.25, 0.3) is 10.1 Å². The zero-order chi connectivity index (χ0) is 19.9. The number of unbranched alkanes of at least 4 members (excludes halogenated alkanes) is 3. The van der Waals surface area contributed by atoms with Crippen molar-refractivity contribution < 1.29 is 17.4 Å². The highest BCUT2D eigenvalue weighted by atomic mass is 32.2. The molecule has 1 aromatic heterocycles. The topological polar surface area (TPSA) is 84.2 Å². The van der Waals surface area contributed by atoms with Gasteiger partial charge in [-0.1, -0.05) is 26.2 Å². The molecule has 0 saturated carbocycles. The number of benzene rings is 1. The third-order valence-electron chi connectivity index (χ3n) is 4.35. The van der Waals surface area contributed by atoms with Crippen LogP contribution in [0.1, 0.15) is 43.9 Å². The van der Waals surface area contributed by atoms with E-state index < -0.39 is 10.1 Å². The second-order valence-electron chi connectivity index (χ2n) is 6.72. The minimum atomic E-state index is -3.67. The standard InChI is InChI=1S/C18H24FN3.CH4O3S/c1-2-3-4-5-12-22-17-10-11-20-13-16(17)18(21-22)14-6-8-15(19)9-7-14;1-5(2,3)4/h6-9,20H,2-5,10-13H2,1H3;1H3,(H,2,3,4). The Bertz CT molecular complexity index is 825. The Morgan fingerprint density at radius 3 is 2.52 bits per heavy atom. The molecular weight excluding hydrogens is 369 g/mol. The molecule has 0 amide bonds. The van der Waals surface area contributed by atoms with Crippen LogP contribution in [0.15, 0.2) is 24.3 Å². The van der Waals surface area contributed by atoms with Gasteiger partial charge in [-0.15, -0.1) is 0 Å². The molecule has 1 aromatic carbocycles. The van der Waals surface area contributed by atoms with Crippen LogP contribution in [0.3, 0.4) is 0 Å². The van der Waals surface area contributed by atoms with Crippen molar-refractivity contribution in [2.45, 2.75) is 52.1 Å². The molecule has 1 aliphatic heterocycles. The van der Waals surface area contributed by atoms with Gasteiger partial charge in [0.2, 0.25) is 0 Å². The first kappa shape index (κ1) is 21.5. The summed E-state index contributed by atoms with van der Waals surface area (Å²) >= 11 is 0. The summed E-state index contributed by atoms with van der Waals surface area (Å²) in [5.74, 6) is -0.199. The minimum Gasteiger partial charge on any atom is -0.312 e. The molecule has 0 saturated heterocycles. The second kappa shape index (κ2) is 9.96. The number of aryl methyl sites for hydroxylation is 1. The van der Waals surface area contributed by atoms with Crippen molar-refractivity contribution in [2.75, 3.05) is 12.8 Å². The van der Waals surface area contributed by atoms with E-state index in [4.69, 9.17) is 9.65 Å². The molecule has 1 aliphatic rings. The summed E-state index contributed by atoms with van der Waals surface area (Å²) in [6.45, 7) is 5.09. The predicted molar refractivity (Wildman–Crippen MR) is 105 cm³/mol. The molecule has 6 nitrogen and oxygen atoms in total. The zero-order valence-corrected chi connectivity index (χ0v) is 16.7. The monoisotopic (exact) mass is 397 g/mol. The van der Waals surface area contributed by atoms with E-state index in [1.165, 1.54) is 49.1 Å². The highest BCUT2D eigenvalue weighted by molar-refractivity contribution is 7.85. The second-order valence-corrected chi connectivity index (χ2v) is 8.19. The van der Waals surface area contributed by atoms with E-state index in [2.05, 4.69) is 16.9 Å². The fraction of sp³-hybridized carbons (Fsp3) is 0.526. The van der Waals surface area contributed by atoms with E-state index in [9.17, 15) is 12.8 Å². The van der Waals surface area contributed by atoms with Crippen molar-refractivity contribution in [3.63, 3.8) is 0 Å². The molecule has 0 fully saturated rings. The Hall–Kier alpha value is -1.77. The van der Waals surface area contributed by atoms with Gasteiger partial charge in [-0.05, 0) is 30.7 Å². The van der Waals surface area contributed by atoms with Gasteiger partial charge in [0.1, 0.15) is 5.82 Å². The van der Waals surface area contributed by atoms with Gasteiger partial charge in [-0.25, -0.2) is 4.39 Å². The van der Waals surface area contributed by atoms with Crippen molar-refractivity contribution in [1.29, 1.82) is 0 Å². The fourth-order valence-electron chi connectivity index (χ4n) is 3.13. The quantitative estimate of drug-likeness (QED) is 0.576. The van der Waals surface area contributed by atoms with Crippen LogP contribution in [0.5, 0.6) is 0 Å². The van der Waals surface area contributed by atoms with Crippen molar-refractivity contribution in [3.05, 3.63) is 41.3 Å². The molecule has 150 valence electrons. The number of rotatable bonds is 6. The van der Waals surface area contributed by atoms with Gasteiger partial charge in [-0.3, -0.25) is 9.23 Å². The first-order valence-corrected chi connectivity index (χ1v) is 11.1.